The third-order valence-electron chi connectivity index (χ3n) is 2.67. The number of anilines is 1. The van der Waals surface area contributed by atoms with Crippen molar-refractivity contribution in [1.29, 1.82) is 0 Å². The van der Waals surface area contributed by atoms with Crippen LogP contribution in [0.3, 0.4) is 0 Å². The highest BCUT2D eigenvalue weighted by Crippen LogP contribution is 2.22. The molecule has 0 aliphatic carbocycles. The minimum absolute atomic E-state index is 0.530. The molecule has 0 fully saturated rings. The zero-order valence-electron chi connectivity index (χ0n) is 10.6. The molecule has 0 aliphatic rings. The lowest BCUT2D eigenvalue weighted by Gasteiger charge is -2.04. The van der Waals surface area contributed by atoms with Crippen LogP contribution in [-0.4, -0.2) is 15.4 Å². The molecule has 0 radical (unpaired) electrons. The molecule has 2 N–H and O–H groups in total. The predicted molar refractivity (Wildman–Crippen MR) is 75.2 cm³/mol. The number of benzene rings is 1. The SMILES string of the molecule is CCC(C)SCc1noc(-c2cccc(N)c2)n1. The molecule has 0 saturated carbocycles. The van der Waals surface area contributed by atoms with Gasteiger partial charge in [0.05, 0.1) is 5.75 Å². The van der Waals surface area contributed by atoms with Gasteiger partial charge in [0.1, 0.15) is 0 Å². The zero-order chi connectivity index (χ0) is 13.0. The highest BCUT2D eigenvalue weighted by molar-refractivity contribution is 7.99. The number of nitrogen functional groups attached to an aromatic ring is 1. The van der Waals surface area contributed by atoms with Crippen molar-refractivity contribution in [3.05, 3.63) is 30.1 Å². The first-order valence-corrected chi connectivity index (χ1v) is 7.04. The summed E-state index contributed by atoms with van der Waals surface area (Å²) in [6.07, 6.45) is 1.14. The van der Waals surface area contributed by atoms with E-state index in [2.05, 4.69) is 24.0 Å². The van der Waals surface area contributed by atoms with E-state index in [0.29, 0.717) is 16.8 Å². The topological polar surface area (TPSA) is 64.9 Å². The molecule has 1 atom stereocenters. The van der Waals surface area contributed by atoms with Gasteiger partial charge < -0.3 is 10.3 Å². The van der Waals surface area contributed by atoms with E-state index in [1.54, 1.807) is 0 Å². The minimum Gasteiger partial charge on any atom is -0.399 e. The van der Waals surface area contributed by atoms with Crippen LogP contribution in [-0.2, 0) is 5.75 Å². The van der Waals surface area contributed by atoms with Gasteiger partial charge in [-0.05, 0) is 24.6 Å². The third-order valence-corrected chi connectivity index (χ3v) is 4.00. The molecule has 2 aromatic rings. The fourth-order valence-corrected chi connectivity index (χ4v) is 2.22. The number of thioether (sulfide) groups is 1. The standard InChI is InChI=1S/C13H17N3OS/c1-3-9(2)18-8-12-15-13(17-16-12)10-5-4-6-11(14)7-10/h4-7,9H,3,8,14H2,1-2H3. The fraction of sp³-hybridized carbons (Fsp3) is 0.385. The van der Waals surface area contributed by atoms with Gasteiger partial charge in [-0.25, -0.2) is 0 Å². The Kier molecular flexibility index (Phi) is 4.25. The molecule has 0 saturated heterocycles. The largest absolute Gasteiger partial charge is 0.399 e. The van der Waals surface area contributed by atoms with Crippen molar-refractivity contribution >= 4 is 17.4 Å². The molecular formula is C13H17N3OS. The van der Waals surface area contributed by atoms with Gasteiger partial charge in [0, 0.05) is 16.5 Å². The summed E-state index contributed by atoms with van der Waals surface area (Å²) in [5, 5.41) is 4.59. The van der Waals surface area contributed by atoms with Crippen molar-refractivity contribution in [2.45, 2.75) is 31.3 Å². The Morgan fingerprint density at radius 1 is 1.44 bits per heavy atom. The molecule has 1 heterocycles. The van der Waals surface area contributed by atoms with Gasteiger partial charge in [-0.1, -0.05) is 25.1 Å². The lowest BCUT2D eigenvalue weighted by Crippen LogP contribution is -1.94. The molecule has 4 nitrogen and oxygen atoms in total. The van der Waals surface area contributed by atoms with Crippen LogP contribution in [0.5, 0.6) is 0 Å². The van der Waals surface area contributed by atoms with E-state index in [0.717, 1.165) is 23.6 Å². The quantitative estimate of drug-likeness (QED) is 0.838. The summed E-state index contributed by atoms with van der Waals surface area (Å²) < 4.78 is 5.24. The number of rotatable bonds is 5. The molecule has 1 aromatic heterocycles. The molecule has 2 rings (SSSR count). The highest BCUT2D eigenvalue weighted by atomic mass is 32.2. The normalized spacial score (nSPS) is 12.6. The van der Waals surface area contributed by atoms with E-state index >= 15 is 0 Å². The molecule has 18 heavy (non-hydrogen) atoms. The van der Waals surface area contributed by atoms with Crippen LogP contribution >= 0.6 is 11.8 Å². The van der Waals surface area contributed by atoms with Gasteiger partial charge >= 0.3 is 0 Å². The molecule has 1 aromatic carbocycles. The molecule has 96 valence electrons. The maximum Gasteiger partial charge on any atom is 0.258 e. The number of hydrogen-bond acceptors (Lipinski definition) is 5. The van der Waals surface area contributed by atoms with E-state index < -0.39 is 0 Å². The van der Waals surface area contributed by atoms with E-state index in [1.807, 2.05) is 36.0 Å². The fourth-order valence-electron chi connectivity index (χ4n) is 1.44. The summed E-state index contributed by atoms with van der Waals surface area (Å²) in [5.41, 5.74) is 7.28. The number of aromatic nitrogens is 2. The Hall–Kier alpha value is -1.49. The Labute approximate surface area is 111 Å². The maximum atomic E-state index is 5.73. The second kappa shape index (κ2) is 5.91. The second-order valence-corrected chi connectivity index (χ2v) is 5.60. The van der Waals surface area contributed by atoms with E-state index in [-0.39, 0.29) is 0 Å². The molecule has 0 spiro atoms. The third kappa shape index (κ3) is 3.26. The van der Waals surface area contributed by atoms with Crippen LogP contribution in [0.4, 0.5) is 5.69 Å². The van der Waals surface area contributed by atoms with Crippen LogP contribution in [0.1, 0.15) is 26.1 Å². The van der Waals surface area contributed by atoms with E-state index in [1.165, 1.54) is 0 Å². The zero-order valence-corrected chi connectivity index (χ0v) is 11.4. The van der Waals surface area contributed by atoms with Crippen molar-refractivity contribution < 1.29 is 4.52 Å². The van der Waals surface area contributed by atoms with Gasteiger partial charge in [-0.15, -0.1) is 0 Å². The summed E-state index contributed by atoms with van der Waals surface area (Å²) in [4.78, 5) is 4.37. The monoisotopic (exact) mass is 263 g/mol. The van der Waals surface area contributed by atoms with E-state index in [9.17, 15) is 0 Å². The predicted octanol–water partition coefficient (Wildman–Crippen LogP) is 3.35. The molecule has 0 bridgehead atoms. The van der Waals surface area contributed by atoms with E-state index in [4.69, 9.17) is 10.3 Å². The first kappa shape index (κ1) is 13.0. The lowest BCUT2D eigenvalue weighted by atomic mass is 10.2. The van der Waals surface area contributed by atoms with Crippen molar-refractivity contribution in [3.8, 4) is 11.5 Å². The van der Waals surface area contributed by atoms with Crippen LogP contribution in [0.15, 0.2) is 28.8 Å². The maximum absolute atomic E-state index is 5.73. The first-order valence-electron chi connectivity index (χ1n) is 5.99. The van der Waals surface area contributed by atoms with Crippen LogP contribution in [0.25, 0.3) is 11.5 Å². The average Bonchev–Trinajstić information content (AvgIpc) is 2.84. The number of hydrogen-bond donors (Lipinski definition) is 1. The smallest absolute Gasteiger partial charge is 0.258 e. The van der Waals surface area contributed by atoms with Crippen molar-refractivity contribution in [2.24, 2.45) is 0 Å². The van der Waals surface area contributed by atoms with Crippen molar-refractivity contribution in [2.75, 3.05) is 5.73 Å². The lowest BCUT2D eigenvalue weighted by molar-refractivity contribution is 0.425. The Morgan fingerprint density at radius 3 is 3.00 bits per heavy atom. The van der Waals surface area contributed by atoms with Gasteiger partial charge in [0.15, 0.2) is 5.82 Å². The summed E-state index contributed by atoms with van der Waals surface area (Å²) in [7, 11) is 0. The Bertz CT molecular complexity index is 512. The summed E-state index contributed by atoms with van der Waals surface area (Å²) in [6.45, 7) is 4.37. The minimum atomic E-state index is 0.530. The van der Waals surface area contributed by atoms with Crippen LogP contribution in [0.2, 0.25) is 0 Å². The number of nitrogens with two attached hydrogens (primary N) is 1. The first-order chi connectivity index (χ1) is 8.69. The van der Waals surface area contributed by atoms with Gasteiger partial charge in [-0.3, -0.25) is 0 Å². The number of nitrogens with zero attached hydrogens (tertiary/aromatic N) is 2. The van der Waals surface area contributed by atoms with Crippen LogP contribution in [0, 0.1) is 0 Å². The van der Waals surface area contributed by atoms with Crippen molar-refractivity contribution in [3.63, 3.8) is 0 Å². The summed E-state index contributed by atoms with van der Waals surface area (Å²) in [5.74, 6) is 2.04. The summed E-state index contributed by atoms with van der Waals surface area (Å²) >= 11 is 1.83. The van der Waals surface area contributed by atoms with Gasteiger partial charge in [-0.2, -0.15) is 16.7 Å². The Balaban J connectivity index is 2.06. The van der Waals surface area contributed by atoms with Crippen LogP contribution < -0.4 is 5.73 Å². The Morgan fingerprint density at radius 2 is 2.28 bits per heavy atom. The summed E-state index contributed by atoms with van der Waals surface area (Å²) in [6, 6.07) is 7.45. The molecule has 1 unspecified atom stereocenters. The van der Waals surface area contributed by atoms with Gasteiger partial charge in [0.25, 0.3) is 5.89 Å². The molecule has 0 aliphatic heterocycles. The molecule has 5 heteroatoms. The molecule has 0 amide bonds. The highest BCUT2D eigenvalue weighted by Gasteiger charge is 2.10. The second-order valence-electron chi connectivity index (χ2n) is 4.17. The van der Waals surface area contributed by atoms with Crippen molar-refractivity contribution in [1.82, 2.24) is 10.1 Å². The average molecular weight is 263 g/mol. The van der Waals surface area contributed by atoms with Gasteiger partial charge in [0.2, 0.25) is 0 Å². The molecular weight excluding hydrogens is 246 g/mol.